The molecule has 19 heavy (non-hydrogen) atoms. The number of β-amino-alcohol motifs (C(OH)–C–C–N with tert-alkyl or cyclic N) is 1. The van der Waals surface area contributed by atoms with Crippen LogP contribution < -0.4 is 4.74 Å². The van der Waals surface area contributed by atoms with Crippen LogP contribution in [0.15, 0.2) is 24.3 Å². The molecule has 0 aromatic heterocycles. The molecule has 0 saturated carbocycles. The zero-order valence-corrected chi connectivity index (χ0v) is 11.5. The van der Waals surface area contributed by atoms with Gasteiger partial charge in [-0.25, -0.2) is 0 Å². The molecule has 1 aliphatic rings. The van der Waals surface area contributed by atoms with E-state index in [9.17, 15) is 5.11 Å². The maximum absolute atomic E-state index is 9.98. The second kappa shape index (κ2) is 7.48. The van der Waals surface area contributed by atoms with E-state index in [0.29, 0.717) is 13.2 Å². The van der Waals surface area contributed by atoms with Crippen LogP contribution in [0.3, 0.4) is 0 Å². The van der Waals surface area contributed by atoms with Crippen molar-refractivity contribution in [2.45, 2.75) is 19.4 Å². The molecule has 0 unspecified atom stereocenters. The van der Waals surface area contributed by atoms with Crippen LogP contribution in [0.4, 0.5) is 0 Å². The van der Waals surface area contributed by atoms with Gasteiger partial charge in [0.1, 0.15) is 18.5 Å². The highest BCUT2D eigenvalue weighted by molar-refractivity contribution is 5.28. The third-order valence-electron chi connectivity index (χ3n) is 3.32. The van der Waals surface area contributed by atoms with Crippen molar-refractivity contribution in [3.63, 3.8) is 0 Å². The number of ether oxygens (including phenoxy) is 2. The summed E-state index contributed by atoms with van der Waals surface area (Å²) >= 11 is 0. The summed E-state index contributed by atoms with van der Waals surface area (Å²) in [5, 5.41) is 9.98. The van der Waals surface area contributed by atoms with Crippen LogP contribution in [-0.4, -0.2) is 55.6 Å². The predicted molar refractivity (Wildman–Crippen MR) is 74.6 cm³/mol. The number of aliphatic hydroxyl groups excluding tert-OH is 1. The summed E-state index contributed by atoms with van der Waals surface area (Å²) in [6, 6.07) is 8.03. The van der Waals surface area contributed by atoms with Crippen LogP contribution in [0.5, 0.6) is 5.75 Å². The molecule has 1 aliphatic heterocycles. The maximum Gasteiger partial charge on any atom is 0.119 e. The monoisotopic (exact) mass is 265 g/mol. The lowest BCUT2D eigenvalue weighted by Gasteiger charge is -2.28. The van der Waals surface area contributed by atoms with Gasteiger partial charge in [0.05, 0.1) is 13.2 Å². The van der Waals surface area contributed by atoms with Crippen molar-refractivity contribution < 1.29 is 14.6 Å². The average Bonchev–Trinajstić information content (AvgIpc) is 2.46. The minimum Gasteiger partial charge on any atom is -0.491 e. The van der Waals surface area contributed by atoms with Crippen molar-refractivity contribution in [2.75, 3.05) is 39.5 Å². The summed E-state index contributed by atoms with van der Waals surface area (Å²) in [5.41, 5.74) is 1.25. The van der Waals surface area contributed by atoms with Crippen molar-refractivity contribution >= 4 is 0 Å². The van der Waals surface area contributed by atoms with Crippen molar-refractivity contribution in [1.29, 1.82) is 0 Å². The summed E-state index contributed by atoms with van der Waals surface area (Å²) in [5.74, 6) is 0.834. The van der Waals surface area contributed by atoms with Gasteiger partial charge in [-0.3, -0.25) is 4.90 Å². The maximum atomic E-state index is 9.98. The highest BCUT2D eigenvalue weighted by Crippen LogP contribution is 2.14. The van der Waals surface area contributed by atoms with Gasteiger partial charge < -0.3 is 14.6 Å². The van der Waals surface area contributed by atoms with E-state index in [1.807, 2.05) is 18.2 Å². The van der Waals surface area contributed by atoms with Crippen LogP contribution >= 0.6 is 0 Å². The van der Waals surface area contributed by atoms with Gasteiger partial charge in [-0.2, -0.15) is 0 Å². The minimum absolute atomic E-state index is 0.338. The van der Waals surface area contributed by atoms with Crippen LogP contribution in [0.25, 0.3) is 0 Å². The summed E-state index contributed by atoms with van der Waals surface area (Å²) in [6.07, 6.45) is 0.538. The Hall–Kier alpha value is -1.10. The molecule has 4 heteroatoms. The minimum atomic E-state index is -0.455. The molecule has 1 fully saturated rings. The van der Waals surface area contributed by atoms with E-state index in [1.165, 1.54) is 5.56 Å². The van der Waals surface area contributed by atoms with Crippen LogP contribution in [-0.2, 0) is 11.2 Å². The molecule has 0 aliphatic carbocycles. The number of benzene rings is 1. The smallest absolute Gasteiger partial charge is 0.119 e. The molecule has 1 saturated heterocycles. The Kier molecular flexibility index (Phi) is 5.63. The summed E-state index contributed by atoms with van der Waals surface area (Å²) < 4.78 is 10.9. The molecular formula is C15H23NO3. The molecule has 1 aromatic rings. The number of hydrogen-bond acceptors (Lipinski definition) is 4. The van der Waals surface area contributed by atoms with Crippen LogP contribution in [0.2, 0.25) is 0 Å². The Morgan fingerprint density at radius 2 is 2.16 bits per heavy atom. The fourth-order valence-corrected chi connectivity index (χ4v) is 2.18. The summed E-state index contributed by atoms with van der Waals surface area (Å²) in [6.45, 7) is 6.40. The SMILES string of the molecule is CCc1cccc(OC[C@@H](O)CN2CCOCC2)c1. The molecule has 0 bridgehead atoms. The first kappa shape index (κ1) is 14.3. The first-order chi connectivity index (χ1) is 9.28. The second-order valence-corrected chi connectivity index (χ2v) is 4.88. The Morgan fingerprint density at radius 1 is 1.37 bits per heavy atom. The summed E-state index contributed by atoms with van der Waals surface area (Å²) in [4.78, 5) is 2.21. The highest BCUT2D eigenvalue weighted by atomic mass is 16.5. The lowest BCUT2D eigenvalue weighted by Crippen LogP contribution is -2.42. The quantitative estimate of drug-likeness (QED) is 0.842. The van der Waals surface area contributed by atoms with E-state index in [-0.39, 0.29) is 0 Å². The molecule has 1 N–H and O–H groups in total. The van der Waals surface area contributed by atoms with E-state index in [1.54, 1.807) is 0 Å². The van der Waals surface area contributed by atoms with Crippen molar-refractivity contribution in [2.24, 2.45) is 0 Å². The zero-order chi connectivity index (χ0) is 13.5. The first-order valence-electron chi connectivity index (χ1n) is 6.98. The van der Waals surface area contributed by atoms with Crippen molar-refractivity contribution in [3.05, 3.63) is 29.8 Å². The Bertz CT molecular complexity index is 377. The Labute approximate surface area is 114 Å². The standard InChI is InChI=1S/C15H23NO3/c1-2-13-4-3-5-15(10-13)19-12-14(17)11-16-6-8-18-9-7-16/h3-5,10,14,17H,2,6-9,11-12H2,1H3/t14-/m0/s1. The van der Waals surface area contributed by atoms with Gasteiger partial charge in [0.25, 0.3) is 0 Å². The van der Waals surface area contributed by atoms with Crippen molar-refractivity contribution in [1.82, 2.24) is 4.90 Å². The number of morpholine rings is 1. The molecule has 0 radical (unpaired) electrons. The van der Waals surface area contributed by atoms with E-state index in [4.69, 9.17) is 9.47 Å². The van der Waals surface area contributed by atoms with Crippen LogP contribution in [0, 0.1) is 0 Å². The third kappa shape index (κ3) is 4.82. The average molecular weight is 265 g/mol. The van der Waals surface area contributed by atoms with E-state index in [0.717, 1.165) is 38.5 Å². The first-order valence-corrected chi connectivity index (χ1v) is 6.98. The Balaban J connectivity index is 1.74. The van der Waals surface area contributed by atoms with E-state index >= 15 is 0 Å². The third-order valence-corrected chi connectivity index (χ3v) is 3.32. The molecular weight excluding hydrogens is 242 g/mol. The highest BCUT2D eigenvalue weighted by Gasteiger charge is 2.15. The zero-order valence-electron chi connectivity index (χ0n) is 11.5. The molecule has 0 spiro atoms. The number of hydrogen-bond donors (Lipinski definition) is 1. The molecule has 4 nitrogen and oxygen atoms in total. The summed E-state index contributed by atoms with van der Waals surface area (Å²) in [7, 11) is 0. The number of rotatable bonds is 6. The van der Waals surface area contributed by atoms with E-state index < -0.39 is 6.10 Å². The fraction of sp³-hybridized carbons (Fsp3) is 0.600. The van der Waals surface area contributed by atoms with Gasteiger partial charge in [0, 0.05) is 19.6 Å². The van der Waals surface area contributed by atoms with Gasteiger partial charge in [-0.15, -0.1) is 0 Å². The van der Waals surface area contributed by atoms with Gasteiger partial charge in [0.15, 0.2) is 0 Å². The molecule has 106 valence electrons. The molecule has 2 rings (SSSR count). The van der Waals surface area contributed by atoms with Crippen LogP contribution in [0.1, 0.15) is 12.5 Å². The Morgan fingerprint density at radius 3 is 2.89 bits per heavy atom. The number of aryl methyl sites for hydroxylation is 1. The molecule has 1 heterocycles. The fourth-order valence-electron chi connectivity index (χ4n) is 2.18. The lowest BCUT2D eigenvalue weighted by molar-refractivity contribution is 0.00465. The molecule has 1 aromatic carbocycles. The predicted octanol–water partition coefficient (Wildman–Crippen LogP) is 1.32. The number of nitrogens with zero attached hydrogens (tertiary/aromatic N) is 1. The van der Waals surface area contributed by atoms with Gasteiger partial charge >= 0.3 is 0 Å². The van der Waals surface area contributed by atoms with Gasteiger partial charge in [-0.05, 0) is 24.1 Å². The lowest BCUT2D eigenvalue weighted by atomic mass is 10.2. The molecule has 1 atom stereocenters. The second-order valence-electron chi connectivity index (χ2n) is 4.88. The largest absolute Gasteiger partial charge is 0.491 e. The topological polar surface area (TPSA) is 41.9 Å². The van der Waals surface area contributed by atoms with Gasteiger partial charge in [-0.1, -0.05) is 19.1 Å². The molecule has 0 amide bonds. The normalized spacial score (nSPS) is 18.2. The van der Waals surface area contributed by atoms with Crippen molar-refractivity contribution in [3.8, 4) is 5.75 Å². The number of aliphatic hydroxyl groups is 1. The van der Waals surface area contributed by atoms with Gasteiger partial charge in [0.2, 0.25) is 0 Å². The van der Waals surface area contributed by atoms with E-state index in [2.05, 4.69) is 17.9 Å².